The molecule has 0 bridgehead atoms. The number of anilines is 1. The molecule has 0 aliphatic heterocycles. The topological polar surface area (TPSA) is 90.9 Å². The van der Waals surface area contributed by atoms with Crippen LogP contribution in [0.4, 0.5) is 5.82 Å². The number of nitriles is 1. The second-order valence-electron chi connectivity index (χ2n) is 4.52. The van der Waals surface area contributed by atoms with E-state index in [2.05, 4.69) is 26.4 Å². The van der Waals surface area contributed by atoms with Crippen LogP contribution in [0.15, 0.2) is 36.7 Å². The number of benzene rings is 1. The maximum Gasteiger partial charge on any atom is 0.158 e. The highest BCUT2D eigenvalue weighted by Gasteiger charge is 2.04. The first-order valence-corrected chi connectivity index (χ1v) is 6.16. The van der Waals surface area contributed by atoms with E-state index in [1.54, 1.807) is 18.5 Å². The Morgan fingerprint density at radius 3 is 2.80 bits per heavy atom. The van der Waals surface area contributed by atoms with Gasteiger partial charge in [0.1, 0.15) is 0 Å². The molecular weight excluding hydrogens is 252 g/mol. The van der Waals surface area contributed by atoms with E-state index in [1.807, 2.05) is 25.2 Å². The van der Waals surface area contributed by atoms with Crippen molar-refractivity contribution in [3.05, 3.63) is 53.5 Å². The molecule has 0 radical (unpaired) electrons. The summed E-state index contributed by atoms with van der Waals surface area (Å²) >= 11 is 0. The molecule has 0 saturated heterocycles. The monoisotopic (exact) mass is 268 g/mol. The molecule has 20 heavy (non-hydrogen) atoms. The van der Waals surface area contributed by atoms with Crippen LogP contribution in [0.5, 0.6) is 0 Å². The van der Waals surface area contributed by atoms with Gasteiger partial charge in [-0.2, -0.15) is 5.26 Å². The highest BCUT2D eigenvalue weighted by Crippen LogP contribution is 2.09. The Hall–Kier alpha value is -2.49. The maximum atomic E-state index is 8.88. The molecule has 6 nitrogen and oxygen atoms in total. The number of nitrogens with two attached hydrogens (primary N) is 1. The summed E-state index contributed by atoms with van der Waals surface area (Å²) in [6, 6.07) is 9.73. The Labute approximate surface area is 117 Å². The van der Waals surface area contributed by atoms with E-state index in [0.29, 0.717) is 17.9 Å². The van der Waals surface area contributed by atoms with Crippen LogP contribution in [0.2, 0.25) is 0 Å². The van der Waals surface area contributed by atoms with Gasteiger partial charge in [0.2, 0.25) is 0 Å². The van der Waals surface area contributed by atoms with Crippen LogP contribution in [-0.4, -0.2) is 21.9 Å². The van der Waals surface area contributed by atoms with Gasteiger partial charge in [0.05, 0.1) is 29.7 Å². The van der Waals surface area contributed by atoms with E-state index >= 15 is 0 Å². The Balaban J connectivity index is 1.97. The fourth-order valence-corrected chi connectivity index (χ4v) is 1.89. The van der Waals surface area contributed by atoms with Crippen LogP contribution in [0, 0.1) is 11.3 Å². The molecule has 3 N–H and O–H groups in total. The first kappa shape index (κ1) is 13.9. The summed E-state index contributed by atoms with van der Waals surface area (Å²) < 4.78 is 0. The molecule has 2 rings (SSSR count). The van der Waals surface area contributed by atoms with E-state index in [-0.39, 0.29) is 0 Å². The molecule has 0 aliphatic carbocycles. The second-order valence-corrected chi connectivity index (χ2v) is 4.52. The van der Waals surface area contributed by atoms with Crippen molar-refractivity contribution < 1.29 is 0 Å². The zero-order valence-corrected chi connectivity index (χ0v) is 11.2. The third kappa shape index (κ3) is 3.75. The lowest BCUT2D eigenvalue weighted by atomic mass is 10.1. The summed E-state index contributed by atoms with van der Waals surface area (Å²) in [5.41, 5.74) is 5.08. The number of aromatic nitrogens is 2. The lowest BCUT2D eigenvalue weighted by molar-refractivity contribution is 0.314. The lowest BCUT2D eigenvalue weighted by Crippen LogP contribution is -2.18. The molecule has 0 fully saturated rings. The van der Waals surface area contributed by atoms with Crippen molar-refractivity contribution in [2.75, 3.05) is 12.5 Å². The van der Waals surface area contributed by atoms with Crippen LogP contribution in [0.25, 0.3) is 0 Å². The molecule has 0 atom stereocenters. The van der Waals surface area contributed by atoms with E-state index in [4.69, 9.17) is 11.1 Å². The Kier molecular flexibility index (Phi) is 4.60. The van der Waals surface area contributed by atoms with Crippen LogP contribution >= 0.6 is 0 Å². The van der Waals surface area contributed by atoms with E-state index < -0.39 is 0 Å². The number of hydrazine groups is 1. The van der Waals surface area contributed by atoms with Crippen molar-refractivity contribution in [2.24, 2.45) is 5.84 Å². The number of rotatable bonds is 5. The number of hydrogen-bond donors (Lipinski definition) is 2. The summed E-state index contributed by atoms with van der Waals surface area (Å²) in [6.07, 6.45) is 3.29. The summed E-state index contributed by atoms with van der Waals surface area (Å²) in [4.78, 5) is 10.5. The van der Waals surface area contributed by atoms with Gasteiger partial charge in [-0.3, -0.25) is 9.88 Å². The molecule has 0 spiro atoms. The molecule has 1 aromatic heterocycles. The zero-order chi connectivity index (χ0) is 14.4. The third-order valence-electron chi connectivity index (χ3n) is 2.79. The van der Waals surface area contributed by atoms with Gasteiger partial charge in [0.15, 0.2) is 5.82 Å². The zero-order valence-electron chi connectivity index (χ0n) is 11.2. The minimum atomic E-state index is 0.540. The van der Waals surface area contributed by atoms with Crippen molar-refractivity contribution in [3.8, 4) is 6.07 Å². The lowest BCUT2D eigenvalue weighted by Gasteiger charge is -2.16. The van der Waals surface area contributed by atoms with Crippen LogP contribution in [-0.2, 0) is 13.1 Å². The number of hydrogen-bond acceptors (Lipinski definition) is 6. The summed E-state index contributed by atoms with van der Waals surface area (Å²) in [7, 11) is 2.00. The molecule has 6 heteroatoms. The minimum Gasteiger partial charge on any atom is -0.307 e. The second kappa shape index (κ2) is 6.61. The molecule has 1 aromatic carbocycles. The Bertz CT molecular complexity index is 602. The van der Waals surface area contributed by atoms with Gasteiger partial charge in [-0.25, -0.2) is 10.8 Å². The van der Waals surface area contributed by atoms with Gasteiger partial charge in [-0.15, -0.1) is 0 Å². The molecule has 1 heterocycles. The summed E-state index contributed by atoms with van der Waals surface area (Å²) in [5.74, 6) is 5.78. The van der Waals surface area contributed by atoms with Crippen molar-refractivity contribution in [1.82, 2.24) is 14.9 Å². The van der Waals surface area contributed by atoms with Gasteiger partial charge in [0.25, 0.3) is 0 Å². The quantitative estimate of drug-likeness (QED) is 0.626. The highest BCUT2D eigenvalue weighted by atomic mass is 15.3. The molecule has 0 aliphatic rings. The molecule has 2 aromatic rings. The molecule has 0 unspecified atom stereocenters. The van der Waals surface area contributed by atoms with E-state index in [0.717, 1.165) is 17.8 Å². The largest absolute Gasteiger partial charge is 0.307 e. The van der Waals surface area contributed by atoms with Crippen molar-refractivity contribution in [3.63, 3.8) is 0 Å². The number of nitrogen functional groups attached to an aromatic ring is 1. The number of nitrogens with one attached hydrogen (secondary N) is 1. The first-order chi connectivity index (χ1) is 9.71. The van der Waals surface area contributed by atoms with Gasteiger partial charge in [0, 0.05) is 13.1 Å². The Morgan fingerprint density at radius 2 is 2.15 bits per heavy atom. The summed E-state index contributed by atoms with van der Waals surface area (Å²) in [5, 5.41) is 8.88. The maximum absolute atomic E-state index is 8.88. The van der Waals surface area contributed by atoms with Gasteiger partial charge >= 0.3 is 0 Å². The fraction of sp³-hybridized carbons (Fsp3) is 0.214. The third-order valence-corrected chi connectivity index (χ3v) is 2.79. The van der Waals surface area contributed by atoms with E-state index in [1.165, 1.54) is 0 Å². The van der Waals surface area contributed by atoms with Crippen LogP contribution in [0.1, 0.15) is 16.8 Å². The molecule has 0 saturated carbocycles. The van der Waals surface area contributed by atoms with Crippen molar-refractivity contribution >= 4 is 5.82 Å². The van der Waals surface area contributed by atoms with Crippen LogP contribution < -0.4 is 11.3 Å². The predicted molar refractivity (Wildman–Crippen MR) is 76.2 cm³/mol. The molecule has 102 valence electrons. The first-order valence-electron chi connectivity index (χ1n) is 6.16. The molecular formula is C14H16N6. The minimum absolute atomic E-state index is 0.540. The predicted octanol–water partition coefficient (Wildman–Crippen LogP) is 1.27. The summed E-state index contributed by atoms with van der Waals surface area (Å²) in [6.45, 7) is 1.42. The van der Waals surface area contributed by atoms with Crippen LogP contribution in [0.3, 0.4) is 0 Å². The normalized spacial score (nSPS) is 10.3. The standard InChI is InChI=1S/C14H16N6/c1-20(9-12-4-2-3-11(5-12)6-15)10-13-7-18-14(19-16)8-17-13/h2-5,7-8H,9-10,16H2,1H3,(H,18,19). The average Bonchev–Trinajstić information content (AvgIpc) is 2.48. The SMILES string of the molecule is CN(Cc1cccc(C#N)c1)Cc1cnc(NN)cn1. The van der Waals surface area contributed by atoms with Crippen molar-refractivity contribution in [2.45, 2.75) is 13.1 Å². The van der Waals surface area contributed by atoms with Crippen molar-refractivity contribution in [1.29, 1.82) is 5.26 Å². The van der Waals surface area contributed by atoms with Gasteiger partial charge in [-0.1, -0.05) is 12.1 Å². The van der Waals surface area contributed by atoms with Gasteiger partial charge < -0.3 is 5.43 Å². The number of nitrogens with zero attached hydrogens (tertiary/aromatic N) is 4. The fourth-order valence-electron chi connectivity index (χ4n) is 1.89. The Morgan fingerprint density at radius 1 is 1.30 bits per heavy atom. The average molecular weight is 268 g/mol. The molecule has 0 amide bonds. The van der Waals surface area contributed by atoms with E-state index in [9.17, 15) is 0 Å². The van der Waals surface area contributed by atoms with Gasteiger partial charge in [-0.05, 0) is 24.7 Å². The smallest absolute Gasteiger partial charge is 0.158 e. The highest BCUT2D eigenvalue weighted by molar-refractivity contribution is 5.32.